The number of rotatable bonds is 11. The van der Waals surface area contributed by atoms with Crippen LogP contribution in [0.5, 0.6) is 0 Å². The van der Waals surface area contributed by atoms with Gasteiger partial charge < -0.3 is 14.2 Å². The van der Waals surface area contributed by atoms with Crippen molar-refractivity contribution in [1.29, 1.82) is 0 Å². The first-order valence-electron chi connectivity index (χ1n) is 24.9. The van der Waals surface area contributed by atoms with Crippen molar-refractivity contribution in [2.45, 2.75) is 236 Å². The maximum Gasteiger partial charge on any atom is 0.155 e. The van der Waals surface area contributed by atoms with E-state index in [1.165, 1.54) is 90.6 Å². The molecule has 366 valence electrons. The van der Waals surface area contributed by atoms with Crippen molar-refractivity contribution in [2.75, 3.05) is 72.2 Å². The summed E-state index contributed by atoms with van der Waals surface area (Å²) in [5.74, 6) is 0.618. The van der Waals surface area contributed by atoms with E-state index >= 15 is 0 Å². The van der Waals surface area contributed by atoms with Crippen LogP contribution >= 0.6 is 0 Å². The Kier molecular flexibility index (Phi) is 26.0. The number of carbonyl (C=O) groups excluding carboxylic acids is 2. The molecule has 0 saturated carbocycles. The summed E-state index contributed by atoms with van der Waals surface area (Å²) in [4.78, 5) is 33.2. The van der Waals surface area contributed by atoms with Gasteiger partial charge in [-0.25, -0.2) is 0 Å². The fourth-order valence-corrected chi connectivity index (χ4v) is 8.16. The fourth-order valence-electron chi connectivity index (χ4n) is 8.16. The molecule has 0 aliphatic carbocycles. The third-order valence-electron chi connectivity index (χ3n) is 11.0. The maximum absolute atomic E-state index is 12.0. The zero-order chi connectivity index (χ0) is 47.4. The van der Waals surface area contributed by atoms with Gasteiger partial charge in [-0.05, 0) is 164 Å². The summed E-state index contributed by atoms with van der Waals surface area (Å²) in [5.41, 5.74) is 0.477. The predicted octanol–water partition coefficient (Wildman–Crippen LogP) is 11.6. The Morgan fingerprint density at radius 1 is 0.500 bits per heavy atom. The fraction of sp³-hybridized carbons (Fsp3) is 0.925. The van der Waals surface area contributed by atoms with E-state index in [4.69, 9.17) is 14.2 Å². The van der Waals surface area contributed by atoms with Gasteiger partial charge in [0, 0.05) is 64.2 Å². The molecule has 0 atom stereocenters. The van der Waals surface area contributed by atoms with Crippen LogP contribution < -0.4 is 0 Å². The van der Waals surface area contributed by atoms with Gasteiger partial charge in [0.05, 0.1) is 42.3 Å². The van der Waals surface area contributed by atoms with Crippen molar-refractivity contribution in [1.82, 2.24) is 19.6 Å². The van der Waals surface area contributed by atoms with Crippen LogP contribution in [-0.2, 0) is 23.8 Å². The highest BCUT2D eigenvalue weighted by molar-refractivity contribution is 5.90. The lowest BCUT2D eigenvalue weighted by atomic mass is 9.89. The van der Waals surface area contributed by atoms with Gasteiger partial charge in [-0.2, -0.15) is 0 Å². The Hall–Kier alpha value is -1.20. The molecule has 0 aromatic heterocycles. The number of likely N-dealkylation sites (tertiary alicyclic amines) is 4. The summed E-state index contributed by atoms with van der Waals surface area (Å²) in [7, 11) is 0. The molecule has 4 heterocycles. The van der Waals surface area contributed by atoms with Crippen molar-refractivity contribution in [2.24, 2.45) is 10.8 Å². The first-order valence-corrected chi connectivity index (χ1v) is 24.9. The molecule has 0 unspecified atom stereocenters. The van der Waals surface area contributed by atoms with E-state index in [9.17, 15) is 9.59 Å². The maximum atomic E-state index is 12.0. The van der Waals surface area contributed by atoms with Gasteiger partial charge in [0.1, 0.15) is 5.78 Å². The van der Waals surface area contributed by atoms with Crippen LogP contribution in [0, 0.1) is 10.8 Å². The zero-order valence-electron chi connectivity index (χ0n) is 44.4. The van der Waals surface area contributed by atoms with Gasteiger partial charge >= 0.3 is 0 Å². The zero-order valence-corrected chi connectivity index (χ0v) is 44.4. The van der Waals surface area contributed by atoms with Crippen molar-refractivity contribution in [3.63, 3.8) is 0 Å². The number of allylic oxidation sites excluding steroid dienone is 1. The molecule has 4 aliphatic rings. The van der Waals surface area contributed by atoms with Gasteiger partial charge in [0.2, 0.25) is 0 Å². The SMILES string of the molecule is CC(C)(C)CC(=O)/C=C/CN1CCCCC1.CC(C)(C)CC(=O)CN1CCC(OC(C)(C)C)CC1.CC(C)(C)OC1CCN(C(C)(C)C)CC1.CC(C)(C)OCN1CCCCC1. The van der Waals surface area contributed by atoms with Crippen LogP contribution in [0.1, 0.15) is 202 Å². The lowest BCUT2D eigenvalue weighted by Crippen LogP contribution is -2.48. The van der Waals surface area contributed by atoms with Crippen molar-refractivity contribution >= 4 is 11.6 Å². The van der Waals surface area contributed by atoms with Gasteiger partial charge in [-0.15, -0.1) is 0 Å². The second kappa shape index (κ2) is 27.4. The first-order chi connectivity index (χ1) is 28.3. The summed E-state index contributed by atoms with van der Waals surface area (Å²) in [6.07, 6.45) is 18.4. The number of ether oxygens (including phenoxy) is 3. The predicted molar refractivity (Wildman–Crippen MR) is 264 cm³/mol. The number of hydrogen-bond acceptors (Lipinski definition) is 9. The van der Waals surface area contributed by atoms with Crippen molar-refractivity contribution in [3.05, 3.63) is 12.2 Å². The molecule has 0 N–H and O–H groups in total. The Morgan fingerprint density at radius 2 is 0.919 bits per heavy atom. The Bertz CT molecular complexity index is 1230. The van der Waals surface area contributed by atoms with Crippen LogP contribution in [0.15, 0.2) is 12.2 Å². The average Bonchev–Trinajstić information content (AvgIpc) is 3.10. The van der Waals surface area contributed by atoms with E-state index in [0.29, 0.717) is 42.9 Å². The number of ketones is 2. The first kappa shape index (κ1) is 58.8. The van der Waals surface area contributed by atoms with Gasteiger partial charge in [0.15, 0.2) is 5.78 Å². The number of Topliss-reactive ketones (excluding diaryl/α,β-unsaturated/α-hetero) is 1. The van der Waals surface area contributed by atoms with Crippen LogP contribution in [0.25, 0.3) is 0 Å². The second-order valence-electron chi connectivity index (χ2n) is 25.1. The highest BCUT2D eigenvalue weighted by Crippen LogP contribution is 2.25. The van der Waals surface area contributed by atoms with Gasteiger partial charge in [-0.3, -0.25) is 29.2 Å². The lowest BCUT2D eigenvalue weighted by molar-refractivity contribution is -0.123. The molecule has 9 nitrogen and oxygen atoms in total. The van der Waals surface area contributed by atoms with E-state index in [0.717, 1.165) is 39.2 Å². The lowest BCUT2D eigenvalue weighted by Gasteiger charge is -2.42. The van der Waals surface area contributed by atoms with E-state index < -0.39 is 0 Å². The molecule has 0 aromatic carbocycles. The number of hydrogen-bond donors (Lipinski definition) is 0. The Balaban J connectivity index is 0.000000418. The molecule has 9 heteroatoms. The molecule has 4 fully saturated rings. The highest BCUT2D eigenvalue weighted by Gasteiger charge is 2.30. The molecular formula is C53H104N4O5. The van der Waals surface area contributed by atoms with E-state index in [-0.39, 0.29) is 33.4 Å². The minimum Gasteiger partial charge on any atom is -0.373 e. The van der Waals surface area contributed by atoms with E-state index in [2.05, 4.69) is 144 Å². The quantitative estimate of drug-likeness (QED) is 0.189. The molecule has 0 spiro atoms. The normalized spacial score (nSPS) is 20.4. The van der Waals surface area contributed by atoms with Gasteiger partial charge in [0.25, 0.3) is 0 Å². The number of nitrogens with zero attached hydrogens (tertiary/aromatic N) is 4. The average molecular weight is 877 g/mol. The minimum atomic E-state index is -0.0606. The van der Waals surface area contributed by atoms with E-state index in [1.54, 1.807) is 6.08 Å². The standard InChI is InChI=1S/C16H31NO2.C14H25NO.C13H27NO.C10H21NO/c1-15(2,3)11-13(18)12-17-9-7-14(8-10-17)19-16(4,5)6;1-14(2,3)12-13(16)8-7-11-15-9-5-4-6-10-15;1-12(2,3)14-9-7-11(8-10-14)15-13(4,5)6;1-10(2,3)12-9-11-7-5-4-6-8-11/h14H,7-12H2,1-6H3;7-8H,4-6,9-12H2,1-3H3;11H,7-10H2,1-6H3;4-9H2,1-3H3/b;8-7+;;. The highest BCUT2D eigenvalue weighted by atomic mass is 16.5. The van der Waals surface area contributed by atoms with Crippen molar-refractivity contribution in [3.8, 4) is 0 Å². The molecule has 0 amide bonds. The van der Waals surface area contributed by atoms with E-state index in [1.807, 2.05) is 6.08 Å². The molecule has 0 radical (unpaired) electrons. The minimum absolute atomic E-state index is 0.00850. The molecular weight excluding hydrogens is 773 g/mol. The Labute approximate surface area is 385 Å². The van der Waals surface area contributed by atoms with Crippen LogP contribution in [0.3, 0.4) is 0 Å². The number of carbonyl (C=O) groups is 2. The topological polar surface area (TPSA) is 74.8 Å². The Morgan fingerprint density at radius 3 is 1.31 bits per heavy atom. The molecule has 4 rings (SSSR count). The summed E-state index contributed by atoms with van der Waals surface area (Å²) in [6.45, 7) is 50.1. The van der Waals surface area contributed by atoms with Crippen LogP contribution in [-0.4, -0.2) is 138 Å². The summed E-state index contributed by atoms with van der Waals surface area (Å²) < 4.78 is 17.7. The summed E-state index contributed by atoms with van der Waals surface area (Å²) >= 11 is 0. The molecule has 62 heavy (non-hydrogen) atoms. The van der Waals surface area contributed by atoms with Crippen LogP contribution in [0.2, 0.25) is 0 Å². The second-order valence-corrected chi connectivity index (χ2v) is 25.1. The largest absolute Gasteiger partial charge is 0.373 e. The number of piperidine rings is 4. The van der Waals surface area contributed by atoms with Gasteiger partial charge in [-0.1, -0.05) is 60.5 Å². The monoisotopic (exact) mass is 877 g/mol. The third-order valence-corrected chi connectivity index (χ3v) is 11.0. The van der Waals surface area contributed by atoms with Crippen LogP contribution in [0.4, 0.5) is 0 Å². The molecule has 0 bridgehead atoms. The molecule has 4 aliphatic heterocycles. The van der Waals surface area contributed by atoms with Crippen molar-refractivity contribution < 1.29 is 23.8 Å². The smallest absolute Gasteiger partial charge is 0.155 e. The molecule has 0 aromatic rings. The summed E-state index contributed by atoms with van der Waals surface area (Å²) in [6, 6.07) is 0. The molecule has 4 saturated heterocycles. The summed E-state index contributed by atoms with van der Waals surface area (Å²) in [5, 5.41) is 0. The third kappa shape index (κ3) is 33.3.